The zero-order chi connectivity index (χ0) is 18.4. The van der Waals surface area contributed by atoms with Crippen LogP contribution in [0.3, 0.4) is 0 Å². The lowest BCUT2D eigenvalue weighted by Gasteiger charge is -2.27. The second-order valence-electron chi connectivity index (χ2n) is 6.49. The van der Waals surface area contributed by atoms with Gasteiger partial charge in [0.05, 0.1) is 19.8 Å². The lowest BCUT2D eigenvalue weighted by Crippen LogP contribution is -2.38. The van der Waals surface area contributed by atoms with Crippen LogP contribution in [0.2, 0.25) is 0 Å². The molecule has 1 fully saturated rings. The first-order chi connectivity index (χ1) is 12.7. The fourth-order valence-electron chi connectivity index (χ4n) is 3.05. The second-order valence-corrected chi connectivity index (χ2v) is 6.49. The maximum atomic E-state index is 5.39. The average molecular weight is 356 g/mol. The summed E-state index contributed by atoms with van der Waals surface area (Å²) in [7, 11) is 5.91. The molecule has 7 heteroatoms. The molecule has 0 bridgehead atoms. The van der Waals surface area contributed by atoms with Crippen molar-refractivity contribution in [2.75, 3.05) is 45.3 Å². The first-order valence-electron chi connectivity index (χ1n) is 8.97. The van der Waals surface area contributed by atoms with Gasteiger partial charge in [0.25, 0.3) is 0 Å². The summed E-state index contributed by atoms with van der Waals surface area (Å²) in [5.74, 6) is 1.88. The van der Waals surface area contributed by atoms with Crippen LogP contribution in [-0.2, 0) is 24.9 Å². The van der Waals surface area contributed by atoms with E-state index < -0.39 is 0 Å². The minimum Gasteiger partial charge on any atom is -0.378 e. The van der Waals surface area contributed by atoms with Gasteiger partial charge in [-0.25, -0.2) is 4.98 Å². The van der Waals surface area contributed by atoms with Crippen LogP contribution in [0, 0.1) is 0 Å². The predicted molar refractivity (Wildman–Crippen MR) is 104 cm³/mol. The Hall–Kier alpha value is -2.54. The lowest BCUT2D eigenvalue weighted by molar-refractivity contribution is 0.122. The first kappa shape index (κ1) is 18.3. The molecule has 0 unspecified atom stereocenters. The highest BCUT2D eigenvalue weighted by Crippen LogP contribution is 2.13. The van der Waals surface area contributed by atoms with E-state index in [0.29, 0.717) is 6.54 Å². The van der Waals surface area contributed by atoms with Crippen molar-refractivity contribution in [1.29, 1.82) is 0 Å². The molecule has 3 rings (SSSR count). The number of guanidine groups is 1. The molecule has 0 saturated carbocycles. The van der Waals surface area contributed by atoms with Crippen LogP contribution >= 0.6 is 0 Å². The van der Waals surface area contributed by atoms with Gasteiger partial charge in [-0.2, -0.15) is 0 Å². The van der Waals surface area contributed by atoms with Crippen molar-refractivity contribution in [3.63, 3.8) is 0 Å². The zero-order valence-electron chi connectivity index (χ0n) is 15.9. The van der Waals surface area contributed by atoms with Gasteiger partial charge in [0.1, 0.15) is 5.82 Å². The molecular weight excluding hydrogens is 328 g/mol. The van der Waals surface area contributed by atoms with Crippen LogP contribution in [-0.4, -0.2) is 60.8 Å². The number of morpholine rings is 1. The van der Waals surface area contributed by atoms with Gasteiger partial charge in [-0.15, -0.1) is 0 Å². The zero-order valence-corrected chi connectivity index (χ0v) is 15.9. The third kappa shape index (κ3) is 4.54. The summed E-state index contributed by atoms with van der Waals surface area (Å²) in [5, 5.41) is 3.41. The second kappa shape index (κ2) is 8.71. The lowest BCUT2D eigenvalue weighted by atomic mass is 10.2. The maximum Gasteiger partial charge on any atom is 0.194 e. The van der Waals surface area contributed by atoms with E-state index in [1.165, 1.54) is 5.69 Å². The average Bonchev–Trinajstić information content (AvgIpc) is 3.08. The molecule has 1 aliphatic heterocycles. The Kier molecular flexibility index (Phi) is 6.12. The number of nitrogens with one attached hydrogen (secondary N) is 1. The third-order valence-corrected chi connectivity index (χ3v) is 4.62. The van der Waals surface area contributed by atoms with Crippen LogP contribution in [0.5, 0.6) is 0 Å². The van der Waals surface area contributed by atoms with Gasteiger partial charge in [0.15, 0.2) is 5.96 Å². The smallest absolute Gasteiger partial charge is 0.194 e. The maximum absolute atomic E-state index is 5.39. The van der Waals surface area contributed by atoms with Crippen LogP contribution in [0.15, 0.2) is 41.7 Å². The van der Waals surface area contributed by atoms with E-state index >= 15 is 0 Å². The highest BCUT2D eigenvalue weighted by Gasteiger charge is 2.12. The molecule has 2 aromatic heterocycles. The van der Waals surface area contributed by atoms with Gasteiger partial charge in [0.2, 0.25) is 0 Å². The number of aryl methyl sites for hydroxylation is 1. The minimum absolute atomic E-state index is 0.695. The minimum atomic E-state index is 0.695. The number of nitrogens with zero attached hydrogens (tertiary/aromatic N) is 5. The summed E-state index contributed by atoms with van der Waals surface area (Å²) in [4.78, 5) is 13.4. The quantitative estimate of drug-likeness (QED) is 0.649. The Morgan fingerprint density at radius 2 is 2.12 bits per heavy atom. The monoisotopic (exact) mass is 356 g/mol. The molecule has 0 spiro atoms. The molecule has 0 radical (unpaired) electrons. The molecule has 0 amide bonds. The van der Waals surface area contributed by atoms with Crippen molar-refractivity contribution in [1.82, 2.24) is 19.8 Å². The van der Waals surface area contributed by atoms with Gasteiger partial charge >= 0.3 is 0 Å². The number of anilines is 1. The van der Waals surface area contributed by atoms with E-state index in [4.69, 9.17) is 4.74 Å². The Morgan fingerprint density at radius 3 is 2.73 bits per heavy atom. The van der Waals surface area contributed by atoms with Crippen molar-refractivity contribution in [2.24, 2.45) is 12.0 Å². The van der Waals surface area contributed by atoms with Crippen LogP contribution in [0.25, 0.3) is 0 Å². The van der Waals surface area contributed by atoms with Gasteiger partial charge in [-0.05, 0) is 23.8 Å². The van der Waals surface area contributed by atoms with Crippen molar-refractivity contribution in [3.05, 3.63) is 47.9 Å². The van der Waals surface area contributed by atoms with E-state index in [1.54, 1.807) is 0 Å². The molecule has 0 aromatic carbocycles. The molecule has 26 heavy (non-hydrogen) atoms. The van der Waals surface area contributed by atoms with E-state index in [2.05, 4.69) is 67.2 Å². The Labute approximate surface area is 155 Å². The highest BCUT2D eigenvalue weighted by molar-refractivity contribution is 5.79. The van der Waals surface area contributed by atoms with E-state index in [0.717, 1.165) is 50.2 Å². The predicted octanol–water partition coefficient (Wildman–Crippen LogP) is 1.46. The summed E-state index contributed by atoms with van der Waals surface area (Å²) in [6, 6.07) is 8.38. The molecule has 0 atom stereocenters. The number of aromatic nitrogens is 2. The summed E-state index contributed by atoms with van der Waals surface area (Å²) >= 11 is 0. The fourth-order valence-corrected chi connectivity index (χ4v) is 3.05. The normalized spacial score (nSPS) is 15.2. The molecule has 140 valence electrons. The fraction of sp³-hybridized carbons (Fsp3) is 0.474. The molecule has 1 aliphatic rings. The molecule has 1 N–H and O–H groups in total. The summed E-state index contributed by atoms with van der Waals surface area (Å²) in [6.07, 6.45) is 3.99. The van der Waals surface area contributed by atoms with Gasteiger partial charge in [-0.3, -0.25) is 4.99 Å². The molecule has 7 nitrogen and oxygen atoms in total. The summed E-state index contributed by atoms with van der Waals surface area (Å²) in [5.41, 5.74) is 2.38. The number of hydrogen-bond acceptors (Lipinski definition) is 4. The van der Waals surface area contributed by atoms with Gasteiger partial charge in [-0.1, -0.05) is 6.07 Å². The molecule has 1 saturated heterocycles. The van der Waals surface area contributed by atoms with E-state index in [1.807, 2.05) is 20.3 Å². The van der Waals surface area contributed by atoms with Crippen LogP contribution < -0.4 is 10.2 Å². The Bertz CT molecular complexity index is 718. The highest BCUT2D eigenvalue weighted by atomic mass is 16.5. The Morgan fingerprint density at radius 1 is 1.31 bits per heavy atom. The van der Waals surface area contributed by atoms with E-state index in [9.17, 15) is 0 Å². The van der Waals surface area contributed by atoms with E-state index in [-0.39, 0.29) is 0 Å². The first-order valence-corrected chi connectivity index (χ1v) is 8.97. The summed E-state index contributed by atoms with van der Waals surface area (Å²) in [6.45, 7) is 4.85. The number of ether oxygens (including phenoxy) is 1. The van der Waals surface area contributed by atoms with Crippen LogP contribution in [0.4, 0.5) is 5.82 Å². The van der Waals surface area contributed by atoms with Crippen molar-refractivity contribution in [2.45, 2.75) is 13.1 Å². The number of aliphatic imine (C=N–C) groups is 1. The number of pyridine rings is 1. The van der Waals surface area contributed by atoms with Crippen molar-refractivity contribution < 1.29 is 4.74 Å². The largest absolute Gasteiger partial charge is 0.378 e. The Balaban J connectivity index is 1.54. The number of hydrogen-bond donors (Lipinski definition) is 1. The molecular formula is C19H28N6O. The SMILES string of the molecule is CN=C(NCc1ccc(N2CCOCC2)nc1)N(C)Cc1cccn1C. The molecule has 3 heterocycles. The van der Waals surface area contributed by atoms with Gasteiger partial charge < -0.3 is 24.4 Å². The summed E-state index contributed by atoms with van der Waals surface area (Å²) < 4.78 is 7.51. The third-order valence-electron chi connectivity index (χ3n) is 4.62. The standard InChI is InChI=1S/C19H28N6O/c1-20-19(24(3)15-17-5-4-8-23(17)2)22-14-16-6-7-18(21-13-16)25-9-11-26-12-10-25/h4-8,13H,9-12,14-15H2,1-3H3,(H,20,22). The number of rotatable bonds is 5. The molecule has 0 aliphatic carbocycles. The topological polar surface area (TPSA) is 57.9 Å². The van der Waals surface area contributed by atoms with Gasteiger partial charge in [0, 0.05) is 58.9 Å². The van der Waals surface area contributed by atoms with Crippen LogP contribution in [0.1, 0.15) is 11.3 Å². The van der Waals surface area contributed by atoms with Crippen molar-refractivity contribution >= 4 is 11.8 Å². The molecule has 2 aromatic rings. The van der Waals surface area contributed by atoms with Crippen molar-refractivity contribution in [3.8, 4) is 0 Å².